The van der Waals surface area contributed by atoms with Crippen molar-refractivity contribution >= 4 is 7.37 Å². The van der Waals surface area contributed by atoms with Crippen LogP contribution in [0.4, 0.5) is 0 Å². The molecule has 10 heavy (non-hydrogen) atoms. The van der Waals surface area contributed by atoms with Crippen molar-refractivity contribution in [3.05, 3.63) is 0 Å². The molecule has 2 unspecified atom stereocenters. The molecule has 0 heterocycles. The van der Waals surface area contributed by atoms with Crippen LogP contribution in [0.3, 0.4) is 0 Å². The van der Waals surface area contributed by atoms with Gasteiger partial charge in [-0.2, -0.15) is 0 Å². The van der Waals surface area contributed by atoms with Crippen LogP contribution in [0.5, 0.6) is 0 Å². The molecule has 0 rings (SSSR count). The maximum atomic E-state index is 11.2. The van der Waals surface area contributed by atoms with Crippen LogP contribution < -0.4 is 0 Å². The monoisotopic (exact) mass is 166 g/mol. The highest BCUT2D eigenvalue weighted by Gasteiger charge is 2.17. The minimum Gasteiger partial charge on any atom is -0.393 e. The predicted molar refractivity (Wildman–Crippen MR) is 41.7 cm³/mol. The molecule has 0 aromatic carbocycles. The van der Waals surface area contributed by atoms with E-state index in [1.54, 1.807) is 20.5 Å². The lowest BCUT2D eigenvalue weighted by molar-refractivity contribution is 0.211. The lowest BCUT2D eigenvalue weighted by Crippen LogP contribution is -2.08. The minimum absolute atomic E-state index is 0.251. The van der Waals surface area contributed by atoms with E-state index in [0.29, 0.717) is 6.61 Å². The van der Waals surface area contributed by atoms with E-state index in [1.165, 1.54) is 0 Å². The summed E-state index contributed by atoms with van der Waals surface area (Å²) >= 11 is 0. The van der Waals surface area contributed by atoms with E-state index in [4.69, 9.17) is 9.63 Å². The molecule has 0 aliphatic rings. The minimum atomic E-state index is -2.50. The van der Waals surface area contributed by atoms with Crippen LogP contribution in [-0.4, -0.2) is 30.6 Å². The average molecular weight is 166 g/mol. The van der Waals surface area contributed by atoms with Crippen LogP contribution in [0.2, 0.25) is 0 Å². The third kappa shape index (κ3) is 4.98. The van der Waals surface area contributed by atoms with Crippen molar-refractivity contribution < 1.29 is 14.2 Å². The second-order valence-corrected chi connectivity index (χ2v) is 5.12. The molecule has 1 N–H and O–H groups in total. The zero-order chi connectivity index (χ0) is 8.20. The first-order valence-corrected chi connectivity index (χ1v) is 5.63. The van der Waals surface area contributed by atoms with E-state index in [2.05, 4.69) is 0 Å². The summed E-state index contributed by atoms with van der Waals surface area (Å²) in [5.74, 6) is 0. The molecule has 0 radical (unpaired) electrons. The number of aliphatic hydroxyl groups excluding tert-OH is 1. The zero-order valence-electron chi connectivity index (χ0n) is 6.70. The Hall–Kier alpha value is 0.150. The maximum Gasteiger partial charge on any atom is 0.202 e. The molecule has 0 bridgehead atoms. The van der Waals surface area contributed by atoms with Crippen LogP contribution in [-0.2, 0) is 9.09 Å². The van der Waals surface area contributed by atoms with E-state index in [1.807, 2.05) is 0 Å². The molecule has 0 aromatic rings. The fourth-order valence-electron chi connectivity index (χ4n) is 0.806. The molecule has 0 saturated carbocycles. The van der Waals surface area contributed by atoms with Crippen molar-refractivity contribution in [1.82, 2.24) is 0 Å². The number of hydrogen-bond donors (Lipinski definition) is 1. The van der Waals surface area contributed by atoms with Crippen LogP contribution in [0, 0.1) is 0 Å². The first kappa shape index (κ1) is 10.2. The van der Waals surface area contributed by atoms with Gasteiger partial charge >= 0.3 is 0 Å². The lowest BCUT2D eigenvalue weighted by atomic mass is 10.5. The van der Waals surface area contributed by atoms with Gasteiger partial charge in [0.2, 0.25) is 7.37 Å². The van der Waals surface area contributed by atoms with Gasteiger partial charge in [0.05, 0.1) is 18.9 Å². The summed E-state index contributed by atoms with van der Waals surface area (Å²) in [4.78, 5) is 0. The van der Waals surface area contributed by atoms with Gasteiger partial charge in [-0.15, -0.1) is 0 Å². The van der Waals surface area contributed by atoms with E-state index >= 15 is 0 Å². The van der Waals surface area contributed by atoms with E-state index in [-0.39, 0.29) is 6.16 Å². The molecular formula is C6H15O3P. The van der Waals surface area contributed by atoms with Crippen molar-refractivity contribution in [1.29, 1.82) is 0 Å². The summed E-state index contributed by atoms with van der Waals surface area (Å²) in [5, 5.41) is 8.86. The molecule has 0 spiro atoms. The highest BCUT2D eigenvalue weighted by atomic mass is 31.2. The van der Waals surface area contributed by atoms with Crippen LogP contribution in [0.1, 0.15) is 13.8 Å². The van der Waals surface area contributed by atoms with Gasteiger partial charge in [0.25, 0.3) is 0 Å². The van der Waals surface area contributed by atoms with Crippen LogP contribution >= 0.6 is 7.37 Å². The highest BCUT2D eigenvalue weighted by molar-refractivity contribution is 7.58. The third-order valence-electron chi connectivity index (χ3n) is 0.998. The molecule has 2 atom stereocenters. The Labute approximate surface area is 61.8 Å². The molecule has 3 nitrogen and oxygen atoms in total. The van der Waals surface area contributed by atoms with Crippen molar-refractivity contribution in [2.24, 2.45) is 0 Å². The molecule has 0 aliphatic heterocycles. The van der Waals surface area contributed by atoms with Gasteiger partial charge in [-0.05, 0) is 13.8 Å². The molecule has 0 amide bonds. The summed E-state index contributed by atoms with van der Waals surface area (Å²) in [5.41, 5.74) is 0. The van der Waals surface area contributed by atoms with Gasteiger partial charge in [0.15, 0.2) is 0 Å². The van der Waals surface area contributed by atoms with Gasteiger partial charge in [-0.1, -0.05) is 0 Å². The van der Waals surface area contributed by atoms with Crippen LogP contribution in [0.15, 0.2) is 0 Å². The molecule has 4 heteroatoms. The third-order valence-corrected chi connectivity index (χ3v) is 2.99. The van der Waals surface area contributed by atoms with E-state index in [9.17, 15) is 4.57 Å². The normalized spacial score (nSPS) is 20.0. The van der Waals surface area contributed by atoms with E-state index in [0.717, 1.165) is 0 Å². The second-order valence-electron chi connectivity index (χ2n) is 2.46. The molecule has 0 aromatic heterocycles. The standard InChI is InChI=1S/C6H15O3P/c1-4-9-10(3,8)5-6(2)7/h6-7H,4-5H2,1-3H3. The fraction of sp³-hybridized carbons (Fsp3) is 1.00. The first-order valence-electron chi connectivity index (χ1n) is 3.37. The Morgan fingerprint density at radius 3 is 2.50 bits per heavy atom. The quantitative estimate of drug-likeness (QED) is 0.640. The number of hydrogen-bond acceptors (Lipinski definition) is 3. The smallest absolute Gasteiger partial charge is 0.202 e. The highest BCUT2D eigenvalue weighted by Crippen LogP contribution is 2.42. The zero-order valence-corrected chi connectivity index (χ0v) is 7.60. The van der Waals surface area contributed by atoms with Gasteiger partial charge < -0.3 is 9.63 Å². The van der Waals surface area contributed by atoms with Crippen molar-refractivity contribution in [2.75, 3.05) is 19.4 Å². The summed E-state index contributed by atoms with van der Waals surface area (Å²) in [6, 6.07) is 0. The van der Waals surface area contributed by atoms with Gasteiger partial charge in [0, 0.05) is 6.66 Å². The van der Waals surface area contributed by atoms with Gasteiger partial charge in [-0.3, -0.25) is 4.57 Å². The Balaban J connectivity index is 3.75. The Morgan fingerprint density at radius 2 is 2.20 bits per heavy atom. The summed E-state index contributed by atoms with van der Waals surface area (Å²) < 4.78 is 16.2. The topological polar surface area (TPSA) is 46.5 Å². The summed E-state index contributed by atoms with van der Waals surface area (Å²) in [6.07, 6.45) is -0.289. The number of aliphatic hydroxyl groups is 1. The van der Waals surface area contributed by atoms with Crippen LogP contribution in [0.25, 0.3) is 0 Å². The first-order chi connectivity index (χ1) is 4.48. The van der Waals surface area contributed by atoms with Gasteiger partial charge in [0.1, 0.15) is 0 Å². The Bertz CT molecular complexity index is 133. The van der Waals surface area contributed by atoms with Gasteiger partial charge in [-0.25, -0.2) is 0 Å². The largest absolute Gasteiger partial charge is 0.393 e. The Kier molecular flexibility index (Phi) is 4.18. The molecular weight excluding hydrogens is 151 g/mol. The molecule has 0 fully saturated rings. The van der Waals surface area contributed by atoms with E-state index < -0.39 is 13.5 Å². The SMILES string of the molecule is CCOP(C)(=O)CC(C)O. The molecule has 0 aliphatic carbocycles. The number of rotatable bonds is 4. The van der Waals surface area contributed by atoms with Crippen molar-refractivity contribution in [2.45, 2.75) is 20.0 Å². The van der Waals surface area contributed by atoms with Crippen molar-refractivity contribution in [3.8, 4) is 0 Å². The Morgan fingerprint density at radius 1 is 1.70 bits per heavy atom. The summed E-state index contributed by atoms with van der Waals surface area (Å²) in [6.45, 7) is 5.39. The predicted octanol–water partition coefficient (Wildman–Crippen LogP) is 1.31. The average Bonchev–Trinajstić information content (AvgIpc) is 1.59. The second kappa shape index (κ2) is 4.12. The summed E-state index contributed by atoms with van der Waals surface area (Å²) in [7, 11) is -2.50. The fourth-order valence-corrected chi connectivity index (χ4v) is 2.42. The molecule has 0 saturated heterocycles. The lowest BCUT2D eigenvalue weighted by Gasteiger charge is -2.13. The molecule has 62 valence electrons. The van der Waals surface area contributed by atoms with Crippen molar-refractivity contribution in [3.63, 3.8) is 0 Å². The maximum absolute atomic E-state index is 11.2.